The molecule has 7 amide bonds. The van der Waals surface area contributed by atoms with Gasteiger partial charge in [-0.2, -0.15) is 0 Å². The van der Waals surface area contributed by atoms with Crippen LogP contribution in [0, 0.1) is 0 Å². The second-order valence-corrected chi connectivity index (χ2v) is 18.4. The molecule has 26 nitrogen and oxygen atoms in total. The maximum absolute atomic E-state index is 12.5. The summed E-state index contributed by atoms with van der Waals surface area (Å²) in [6.07, 6.45) is 11.5. The van der Waals surface area contributed by atoms with Crippen molar-refractivity contribution in [2.24, 2.45) is 5.73 Å². The Labute approximate surface area is 453 Å². The molecule has 0 aliphatic rings. The SMILES string of the molecule is C[C@@H](O)[C@H](NC(=O)[C@H](CCCCNC(=O)COCCOCCNC(=O)COCCOCCNC(=O)CC[C@H](NC(=O)CC[C@H](NC(=O)CCCCCCCCCCCCCCC(=O)O)C(=O)O)C(=O)O)NI)C(N)=O. The average molecular weight is 1190 g/mol. The highest BCUT2D eigenvalue weighted by Crippen LogP contribution is 2.14. The first-order chi connectivity index (χ1) is 35.9. The van der Waals surface area contributed by atoms with Crippen molar-refractivity contribution >= 4 is 82.1 Å². The number of primary amides is 1. The van der Waals surface area contributed by atoms with Gasteiger partial charge in [0.25, 0.3) is 0 Å². The number of aliphatic hydroxyl groups excluding tert-OH is 1. The van der Waals surface area contributed by atoms with Crippen molar-refractivity contribution < 1.29 is 87.3 Å². The number of nitrogens with two attached hydrogens (primary N) is 1. The molecule has 5 atom stereocenters. The molecule has 0 heterocycles. The third-order valence-corrected chi connectivity index (χ3v) is 12.0. The standard InChI is InChI=1S/C48H85IN8O18/c1-34(58)44(45(50)66)56-46(67)35(57-49)16-14-15-23-51-41(62)32-74-30-29-73-27-25-53-42(63)33-75-31-28-72-26-24-52-38(59)21-19-36(47(68)69)55-40(61)22-20-37(48(70)71)54-39(60)17-12-10-8-6-4-2-3-5-7-9-11-13-18-43(64)65/h34-37,44,57-58H,2-33H2,1H3,(H2,50,66)(H,51,62)(H,52,59)(H,53,63)(H,54,60)(H,55,61)(H,56,67)(H,64,65)(H,68,69)(H,70,71)/t34-,35+,36+,37+,44+/m1/s1. The zero-order valence-electron chi connectivity index (χ0n) is 43.5. The lowest BCUT2D eigenvalue weighted by Crippen LogP contribution is -2.54. The lowest BCUT2D eigenvalue weighted by molar-refractivity contribution is -0.143. The van der Waals surface area contributed by atoms with E-state index in [9.17, 15) is 63.3 Å². The van der Waals surface area contributed by atoms with E-state index in [1.54, 1.807) is 0 Å². The average Bonchev–Trinajstić information content (AvgIpc) is 3.35. The Morgan fingerprint density at radius 1 is 0.453 bits per heavy atom. The number of nitrogens with one attached hydrogen (secondary N) is 7. The number of amides is 7. The molecule has 432 valence electrons. The van der Waals surface area contributed by atoms with Crippen LogP contribution in [0.3, 0.4) is 0 Å². The summed E-state index contributed by atoms with van der Waals surface area (Å²) in [5.41, 5.74) is 5.21. The number of carboxylic acids is 3. The van der Waals surface area contributed by atoms with Crippen molar-refractivity contribution in [2.75, 3.05) is 72.5 Å². The largest absolute Gasteiger partial charge is 0.481 e. The molecule has 0 aromatic carbocycles. The van der Waals surface area contributed by atoms with E-state index in [1.165, 1.54) is 6.92 Å². The predicted molar refractivity (Wildman–Crippen MR) is 280 cm³/mol. The minimum absolute atomic E-state index is 0.0911. The topological polar surface area (TPSA) is 399 Å². The van der Waals surface area contributed by atoms with E-state index in [4.69, 9.17) is 29.8 Å². The summed E-state index contributed by atoms with van der Waals surface area (Å²) < 4.78 is 24.1. The van der Waals surface area contributed by atoms with Crippen LogP contribution in [0.25, 0.3) is 0 Å². The van der Waals surface area contributed by atoms with Crippen LogP contribution >= 0.6 is 22.9 Å². The van der Waals surface area contributed by atoms with Gasteiger partial charge in [0.2, 0.25) is 41.4 Å². The maximum Gasteiger partial charge on any atom is 0.326 e. The molecule has 0 bridgehead atoms. The highest BCUT2D eigenvalue weighted by Gasteiger charge is 2.27. The summed E-state index contributed by atoms with van der Waals surface area (Å²) in [6, 6.07) is -4.57. The van der Waals surface area contributed by atoms with Crippen molar-refractivity contribution in [3.63, 3.8) is 0 Å². The lowest BCUT2D eigenvalue weighted by atomic mass is 10.0. The number of hydrogen-bond acceptors (Lipinski definition) is 16. The number of halogens is 1. The van der Waals surface area contributed by atoms with Crippen LogP contribution in [0.5, 0.6) is 0 Å². The minimum atomic E-state index is -1.41. The quantitative estimate of drug-likeness (QED) is 0.0224. The van der Waals surface area contributed by atoms with Crippen LogP contribution in [0.15, 0.2) is 0 Å². The normalized spacial score (nSPS) is 13.1. The Balaban J connectivity index is 3.96. The van der Waals surface area contributed by atoms with Gasteiger partial charge in [-0.3, -0.25) is 38.4 Å². The predicted octanol–water partition coefficient (Wildman–Crippen LogP) is 0.476. The number of aliphatic hydroxyl groups is 1. The van der Waals surface area contributed by atoms with Gasteiger partial charge in [-0.05, 0) is 51.9 Å². The van der Waals surface area contributed by atoms with Gasteiger partial charge in [0, 0.05) is 68.2 Å². The molecule has 0 radical (unpaired) electrons. The van der Waals surface area contributed by atoms with Crippen LogP contribution in [0.1, 0.15) is 142 Å². The highest BCUT2D eigenvalue weighted by atomic mass is 127. The summed E-state index contributed by atoms with van der Waals surface area (Å²) >= 11 is 1.82. The van der Waals surface area contributed by atoms with Crippen LogP contribution < -0.4 is 41.2 Å². The molecular formula is C48H85IN8O18. The third kappa shape index (κ3) is 42.0. The molecule has 0 spiro atoms. The van der Waals surface area contributed by atoms with Gasteiger partial charge in [0.1, 0.15) is 31.3 Å². The van der Waals surface area contributed by atoms with Crippen molar-refractivity contribution in [1.29, 1.82) is 0 Å². The van der Waals surface area contributed by atoms with E-state index in [1.807, 2.05) is 22.9 Å². The number of rotatable bonds is 51. The van der Waals surface area contributed by atoms with E-state index in [2.05, 4.69) is 35.4 Å². The molecule has 0 saturated heterocycles. The first-order valence-corrected chi connectivity index (χ1v) is 27.0. The van der Waals surface area contributed by atoms with Gasteiger partial charge in [-0.25, -0.2) is 13.1 Å². The molecule has 0 aromatic rings. The smallest absolute Gasteiger partial charge is 0.326 e. The van der Waals surface area contributed by atoms with Gasteiger partial charge < -0.3 is 77.0 Å². The molecule has 0 aliphatic carbocycles. The van der Waals surface area contributed by atoms with Crippen molar-refractivity contribution in [3.05, 3.63) is 0 Å². The molecule has 0 aromatic heterocycles. The fourth-order valence-corrected chi connectivity index (χ4v) is 7.63. The van der Waals surface area contributed by atoms with E-state index in [-0.39, 0.29) is 116 Å². The van der Waals surface area contributed by atoms with Crippen LogP contribution in [0.4, 0.5) is 0 Å². The van der Waals surface area contributed by atoms with E-state index < -0.39 is 77.7 Å². The molecule has 0 unspecified atom stereocenters. The van der Waals surface area contributed by atoms with E-state index >= 15 is 0 Å². The summed E-state index contributed by atoms with van der Waals surface area (Å²) in [5.74, 6) is -7.15. The summed E-state index contributed by atoms with van der Waals surface area (Å²) in [5, 5.41) is 52.5. The van der Waals surface area contributed by atoms with Gasteiger partial charge in [0.05, 0.1) is 51.8 Å². The number of carboxylic acid groups (broad SMARTS) is 3. The van der Waals surface area contributed by atoms with Gasteiger partial charge in [-0.15, -0.1) is 0 Å². The molecular weight excluding hydrogens is 1100 g/mol. The summed E-state index contributed by atoms with van der Waals surface area (Å²) in [4.78, 5) is 119. The number of carbonyl (C=O) groups excluding carboxylic acids is 7. The number of aliphatic carboxylic acids is 3. The van der Waals surface area contributed by atoms with Crippen molar-refractivity contribution in [2.45, 2.75) is 172 Å². The summed E-state index contributed by atoms with van der Waals surface area (Å²) in [7, 11) is 0. The molecule has 13 N–H and O–H groups in total. The monoisotopic (exact) mass is 1190 g/mol. The van der Waals surface area contributed by atoms with Gasteiger partial charge in [-0.1, -0.05) is 64.2 Å². The Hall–Kier alpha value is -4.81. The number of ether oxygens (including phenoxy) is 4. The fourth-order valence-electron chi connectivity index (χ4n) is 7.03. The molecule has 0 aliphatic heterocycles. The molecule has 0 rings (SSSR count). The van der Waals surface area contributed by atoms with E-state index in [0.717, 1.165) is 70.6 Å². The molecule has 0 fully saturated rings. The Morgan fingerprint density at radius 2 is 0.867 bits per heavy atom. The number of carbonyl (C=O) groups is 10. The summed E-state index contributed by atoms with van der Waals surface area (Å²) in [6.45, 7) is 2.46. The lowest BCUT2D eigenvalue weighted by Gasteiger charge is -2.21. The first-order valence-electron chi connectivity index (χ1n) is 25.9. The Morgan fingerprint density at radius 3 is 1.31 bits per heavy atom. The van der Waals surface area contributed by atoms with Crippen molar-refractivity contribution in [3.8, 4) is 0 Å². The second-order valence-electron chi connectivity index (χ2n) is 17.8. The molecule has 0 saturated carbocycles. The highest BCUT2D eigenvalue weighted by molar-refractivity contribution is 14.1. The van der Waals surface area contributed by atoms with Crippen LogP contribution in [-0.2, 0) is 66.9 Å². The van der Waals surface area contributed by atoms with Crippen molar-refractivity contribution in [1.82, 2.24) is 35.4 Å². The van der Waals surface area contributed by atoms with Gasteiger partial charge >= 0.3 is 17.9 Å². The Kier molecular flexibility index (Phi) is 43.5. The van der Waals surface area contributed by atoms with Gasteiger partial charge in [0.15, 0.2) is 0 Å². The first kappa shape index (κ1) is 70.2. The zero-order chi connectivity index (χ0) is 56.1. The fraction of sp³-hybridized carbons (Fsp3) is 0.792. The maximum atomic E-state index is 12.5. The molecule has 27 heteroatoms. The number of unbranched alkanes of at least 4 members (excludes halogenated alkanes) is 12. The van der Waals surface area contributed by atoms with Crippen LogP contribution in [-0.4, -0.2) is 182 Å². The van der Waals surface area contributed by atoms with E-state index in [0.29, 0.717) is 32.2 Å². The molecule has 75 heavy (non-hydrogen) atoms. The zero-order valence-corrected chi connectivity index (χ0v) is 45.6. The third-order valence-electron chi connectivity index (χ3n) is 11.3. The second kappa shape index (κ2) is 46.5. The minimum Gasteiger partial charge on any atom is -0.481 e. The number of hydrogen-bond donors (Lipinski definition) is 12. The Bertz CT molecular complexity index is 1680. The van der Waals surface area contributed by atoms with Crippen LogP contribution in [0.2, 0.25) is 0 Å².